The molecule has 178 valence electrons. The highest BCUT2D eigenvalue weighted by Crippen LogP contribution is 2.35. The van der Waals surface area contributed by atoms with Crippen LogP contribution in [0.3, 0.4) is 0 Å². The lowest BCUT2D eigenvalue weighted by atomic mass is 9.88. The molecule has 33 heavy (non-hydrogen) atoms. The molecule has 3 fully saturated rings. The molecule has 2 aromatic rings. The smallest absolute Gasteiger partial charge is 0.225 e. The van der Waals surface area contributed by atoms with Crippen LogP contribution in [0.4, 0.5) is 0 Å². The third-order valence-corrected chi connectivity index (χ3v) is 7.81. The van der Waals surface area contributed by atoms with Gasteiger partial charge in [-0.15, -0.1) is 5.10 Å². The third kappa shape index (κ3) is 4.76. The molecule has 0 bridgehead atoms. The molecule has 1 atom stereocenters. The number of amides is 1. The summed E-state index contributed by atoms with van der Waals surface area (Å²) in [5.74, 6) is 2.36. The Morgan fingerprint density at radius 2 is 1.61 bits per heavy atom. The van der Waals surface area contributed by atoms with E-state index in [0.717, 1.165) is 69.0 Å². The number of tetrazole rings is 1. The molecule has 1 amide bonds. The molecule has 0 N–H and O–H groups in total. The number of methoxy groups -OCH3 is 1. The van der Waals surface area contributed by atoms with Crippen molar-refractivity contribution >= 4 is 5.91 Å². The van der Waals surface area contributed by atoms with Gasteiger partial charge < -0.3 is 9.64 Å². The first-order valence-electron chi connectivity index (χ1n) is 12.7. The summed E-state index contributed by atoms with van der Waals surface area (Å²) in [6.45, 7) is 3.19. The molecule has 1 aliphatic heterocycles. The standard InChI is InChI=1S/C25H36N6O2/c1-33-22-13-11-19(12-14-22)23(24-26-27-28-31(24)21-9-5-6-10-21)29-15-17-30(18-16-29)25(32)20-7-3-2-4-8-20/h11-14,20-21,23H,2-10,15-18H2,1H3/t23-/m0/s1. The van der Waals surface area contributed by atoms with E-state index in [1.165, 1.54) is 32.1 Å². The summed E-state index contributed by atoms with van der Waals surface area (Å²) in [4.78, 5) is 17.6. The molecule has 1 saturated heterocycles. The van der Waals surface area contributed by atoms with E-state index in [0.29, 0.717) is 11.9 Å². The predicted octanol–water partition coefficient (Wildman–Crippen LogP) is 3.61. The van der Waals surface area contributed by atoms with E-state index in [1.54, 1.807) is 7.11 Å². The number of carbonyl (C=O) groups excluding carboxylic acids is 1. The molecule has 8 nitrogen and oxygen atoms in total. The van der Waals surface area contributed by atoms with Gasteiger partial charge in [0, 0.05) is 32.1 Å². The highest BCUT2D eigenvalue weighted by Gasteiger charge is 2.35. The van der Waals surface area contributed by atoms with Crippen LogP contribution in [0, 0.1) is 5.92 Å². The van der Waals surface area contributed by atoms with Crippen molar-refractivity contribution in [3.63, 3.8) is 0 Å². The van der Waals surface area contributed by atoms with Crippen LogP contribution in [0.1, 0.15) is 81.3 Å². The van der Waals surface area contributed by atoms with Crippen molar-refractivity contribution in [2.45, 2.75) is 69.9 Å². The first-order chi connectivity index (χ1) is 16.2. The van der Waals surface area contributed by atoms with Crippen molar-refractivity contribution in [2.75, 3.05) is 33.3 Å². The molecule has 1 aromatic carbocycles. The second-order valence-electron chi connectivity index (χ2n) is 9.79. The van der Waals surface area contributed by atoms with Crippen LogP contribution in [-0.4, -0.2) is 69.2 Å². The fraction of sp³-hybridized carbons (Fsp3) is 0.680. The van der Waals surface area contributed by atoms with E-state index >= 15 is 0 Å². The maximum absolute atomic E-state index is 13.1. The SMILES string of the molecule is COc1ccc([C@@H](c2nnnn2C2CCCC2)N2CCN(C(=O)C3CCCCC3)CC2)cc1. The van der Waals surface area contributed by atoms with E-state index < -0.39 is 0 Å². The largest absolute Gasteiger partial charge is 0.497 e. The fourth-order valence-corrected chi connectivity index (χ4v) is 5.91. The lowest BCUT2D eigenvalue weighted by Gasteiger charge is -2.40. The first-order valence-corrected chi connectivity index (χ1v) is 12.7. The van der Waals surface area contributed by atoms with Crippen LogP contribution in [0.25, 0.3) is 0 Å². The molecular weight excluding hydrogens is 416 g/mol. The fourth-order valence-electron chi connectivity index (χ4n) is 5.91. The molecule has 2 saturated carbocycles. The first kappa shape index (κ1) is 22.3. The zero-order valence-electron chi connectivity index (χ0n) is 19.7. The molecule has 2 aliphatic carbocycles. The van der Waals surface area contributed by atoms with Gasteiger partial charge in [0.1, 0.15) is 5.75 Å². The number of ether oxygens (including phenoxy) is 1. The summed E-state index contributed by atoms with van der Waals surface area (Å²) in [7, 11) is 1.69. The van der Waals surface area contributed by atoms with Gasteiger partial charge in [-0.2, -0.15) is 0 Å². The van der Waals surface area contributed by atoms with Crippen LogP contribution in [0.2, 0.25) is 0 Å². The highest BCUT2D eigenvalue weighted by molar-refractivity contribution is 5.79. The summed E-state index contributed by atoms with van der Waals surface area (Å²) < 4.78 is 7.46. The molecule has 0 unspecified atom stereocenters. The van der Waals surface area contributed by atoms with E-state index in [1.807, 2.05) is 12.1 Å². The maximum atomic E-state index is 13.1. The Bertz CT molecular complexity index is 909. The molecule has 1 aromatic heterocycles. The minimum absolute atomic E-state index is 0.0292. The van der Waals surface area contributed by atoms with Gasteiger partial charge in [0.05, 0.1) is 19.2 Å². The van der Waals surface area contributed by atoms with Gasteiger partial charge in [-0.25, -0.2) is 4.68 Å². The Morgan fingerprint density at radius 3 is 2.27 bits per heavy atom. The van der Waals surface area contributed by atoms with Crippen molar-refractivity contribution in [1.82, 2.24) is 30.0 Å². The van der Waals surface area contributed by atoms with Crippen molar-refractivity contribution in [1.29, 1.82) is 0 Å². The Kier molecular flexibility index (Phi) is 6.90. The number of carbonyl (C=O) groups is 1. The third-order valence-electron chi connectivity index (χ3n) is 7.81. The van der Waals surface area contributed by atoms with Crippen molar-refractivity contribution in [3.8, 4) is 5.75 Å². The minimum atomic E-state index is -0.0292. The van der Waals surface area contributed by atoms with Gasteiger partial charge in [-0.3, -0.25) is 9.69 Å². The lowest BCUT2D eigenvalue weighted by Crippen LogP contribution is -2.51. The van der Waals surface area contributed by atoms with Crippen LogP contribution >= 0.6 is 0 Å². The Hall–Kier alpha value is -2.48. The number of nitrogens with zero attached hydrogens (tertiary/aromatic N) is 6. The van der Waals surface area contributed by atoms with Gasteiger partial charge in [0.15, 0.2) is 5.82 Å². The number of rotatable bonds is 6. The molecule has 8 heteroatoms. The molecule has 0 radical (unpaired) electrons. The Balaban J connectivity index is 1.36. The average Bonchev–Trinajstić information content (AvgIpc) is 3.58. The summed E-state index contributed by atoms with van der Waals surface area (Å²) in [5, 5.41) is 13.0. The number of hydrogen-bond donors (Lipinski definition) is 0. The number of piperazine rings is 1. The zero-order valence-corrected chi connectivity index (χ0v) is 19.7. The number of benzene rings is 1. The normalized spacial score (nSPS) is 21.9. The number of aromatic nitrogens is 4. The highest BCUT2D eigenvalue weighted by atomic mass is 16.5. The van der Waals surface area contributed by atoms with Crippen LogP contribution < -0.4 is 4.74 Å². The quantitative estimate of drug-likeness (QED) is 0.666. The monoisotopic (exact) mass is 452 g/mol. The van der Waals surface area contributed by atoms with E-state index in [-0.39, 0.29) is 12.0 Å². The maximum Gasteiger partial charge on any atom is 0.225 e. The van der Waals surface area contributed by atoms with Crippen molar-refractivity contribution < 1.29 is 9.53 Å². The zero-order chi connectivity index (χ0) is 22.6. The number of hydrogen-bond acceptors (Lipinski definition) is 6. The molecule has 5 rings (SSSR count). The summed E-state index contributed by atoms with van der Waals surface area (Å²) in [5.41, 5.74) is 1.16. The second kappa shape index (κ2) is 10.2. The Labute approximate surface area is 196 Å². The van der Waals surface area contributed by atoms with Gasteiger partial charge in [-0.1, -0.05) is 44.2 Å². The molecule has 3 aliphatic rings. The van der Waals surface area contributed by atoms with Crippen LogP contribution in [0.5, 0.6) is 5.75 Å². The molecule has 0 spiro atoms. The van der Waals surface area contributed by atoms with E-state index in [2.05, 4.69) is 42.1 Å². The Morgan fingerprint density at radius 1 is 0.939 bits per heavy atom. The topological polar surface area (TPSA) is 76.4 Å². The second-order valence-corrected chi connectivity index (χ2v) is 9.79. The van der Waals surface area contributed by atoms with Crippen molar-refractivity contribution in [3.05, 3.63) is 35.7 Å². The summed E-state index contributed by atoms with van der Waals surface area (Å²) >= 11 is 0. The average molecular weight is 453 g/mol. The molecular formula is C25H36N6O2. The van der Waals surface area contributed by atoms with Crippen LogP contribution in [-0.2, 0) is 4.79 Å². The van der Waals surface area contributed by atoms with Gasteiger partial charge in [-0.05, 0) is 53.8 Å². The summed E-state index contributed by atoms with van der Waals surface area (Å²) in [6.07, 6.45) is 10.5. The summed E-state index contributed by atoms with van der Waals surface area (Å²) in [6, 6.07) is 8.61. The van der Waals surface area contributed by atoms with Crippen molar-refractivity contribution in [2.24, 2.45) is 5.92 Å². The van der Waals surface area contributed by atoms with E-state index in [9.17, 15) is 4.79 Å². The molecule has 2 heterocycles. The lowest BCUT2D eigenvalue weighted by molar-refractivity contribution is -0.138. The van der Waals surface area contributed by atoms with Gasteiger partial charge >= 0.3 is 0 Å². The predicted molar refractivity (Wildman–Crippen MR) is 125 cm³/mol. The van der Waals surface area contributed by atoms with Gasteiger partial charge in [0.25, 0.3) is 0 Å². The van der Waals surface area contributed by atoms with E-state index in [4.69, 9.17) is 4.74 Å². The van der Waals surface area contributed by atoms with Gasteiger partial charge in [0.2, 0.25) is 5.91 Å². The van der Waals surface area contributed by atoms with Crippen LogP contribution in [0.15, 0.2) is 24.3 Å². The minimum Gasteiger partial charge on any atom is -0.497 e.